The van der Waals surface area contributed by atoms with Gasteiger partial charge in [0, 0.05) is 12.4 Å². The van der Waals surface area contributed by atoms with Crippen molar-refractivity contribution in [3.8, 4) is 5.75 Å². The highest BCUT2D eigenvalue weighted by atomic mass is 31.2. The van der Waals surface area contributed by atoms with Crippen LogP contribution in [0, 0.1) is 13.8 Å². The van der Waals surface area contributed by atoms with Crippen molar-refractivity contribution in [3.05, 3.63) is 59.2 Å². The Kier molecular flexibility index (Phi) is 4.76. The number of anilines is 1. The highest BCUT2D eigenvalue weighted by Gasteiger charge is 2.31. The van der Waals surface area contributed by atoms with E-state index < -0.39 is 19.3 Å². The molecular weight excluding hydrogens is 326 g/mol. The largest absolute Gasteiger partial charge is 0.429 e. The van der Waals surface area contributed by atoms with E-state index in [-0.39, 0.29) is 5.69 Å². The molecule has 0 spiro atoms. The van der Waals surface area contributed by atoms with Crippen LogP contribution >= 0.6 is 7.52 Å². The van der Waals surface area contributed by atoms with Crippen molar-refractivity contribution in [1.82, 2.24) is 0 Å². The number of hydrogen-bond donors (Lipinski definition) is 1. The van der Waals surface area contributed by atoms with Crippen molar-refractivity contribution < 1.29 is 22.3 Å². The van der Waals surface area contributed by atoms with Crippen molar-refractivity contribution in [2.45, 2.75) is 20.0 Å². The van der Waals surface area contributed by atoms with Crippen molar-refractivity contribution >= 4 is 13.2 Å². The zero-order valence-corrected chi connectivity index (χ0v) is 13.8. The van der Waals surface area contributed by atoms with Crippen LogP contribution in [0.2, 0.25) is 0 Å². The summed E-state index contributed by atoms with van der Waals surface area (Å²) in [6, 6.07) is 9.90. The molecule has 7 heteroatoms. The zero-order chi connectivity index (χ0) is 17.3. The summed E-state index contributed by atoms with van der Waals surface area (Å²) < 4.78 is 56.1. The fraction of sp³-hybridized carbons (Fsp3) is 0.250. The monoisotopic (exact) mass is 343 g/mol. The van der Waals surface area contributed by atoms with Crippen molar-refractivity contribution in [1.29, 1.82) is 0 Å². The summed E-state index contributed by atoms with van der Waals surface area (Å²) in [6.07, 6.45) is -4.45. The van der Waals surface area contributed by atoms with Crippen molar-refractivity contribution in [3.63, 3.8) is 0 Å². The van der Waals surface area contributed by atoms with Gasteiger partial charge in [0.25, 0.3) is 0 Å². The van der Waals surface area contributed by atoms with Gasteiger partial charge < -0.3 is 9.61 Å². The molecule has 0 unspecified atom stereocenters. The van der Waals surface area contributed by atoms with Crippen LogP contribution in [0.4, 0.5) is 18.9 Å². The number of halogens is 3. The molecule has 0 saturated heterocycles. The number of benzene rings is 2. The lowest BCUT2D eigenvalue weighted by Gasteiger charge is -2.19. The van der Waals surface area contributed by atoms with E-state index >= 15 is 0 Å². The third-order valence-electron chi connectivity index (χ3n) is 3.00. The van der Waals surface area contributed by atoms with Gasteiger partial charge in [-0.15, -0.1) is 0 Å². The SMILES string of the molecule is Cc1cc(C)cc(O[P@@](C)(=O)Nc2cccc(C(F)(F)F)c2)c1. The summed E-state index contributed by atoms with van der Waals surface area (Å²) in [5.74, 6) is 0.410. The molecule has 0 aliphatic carbocycles. The highest BCUT2D eigenvalue weighted by Crippen LogP contribution is 2.44. The molecule has 1 N–H and O–H groups in total. The summed E-state index contributed by atoms with van der Waals surface area (Å²) in [6.45, 7) is 5.08. The topological polar surface area (TPSA) is 38.3 Å². The van der Waals surface area contributed by atoms with E-state index in [1.807, 2.05) is 19.9 Å². The van der Waals surface area contributed by atoms with Crippen molar-refractivity contribution in [2.24, 2.45) is 0 Å². The molecule has 3 nitrogen and oxygen atoms in total. The fourth-order valence-corrected chi connectivity index (χ4v) is 3.37. The minimum Gasteiger partial charge on any atom is -0.429 e. The Bertz CT molecular complexity index is 739. The lowest BCUT2D eigenvalue weighted by Crippen LogP contribution is -2.07. The minimum atomic E-state index is -4.45. The molecule has 2 aromatic carbocycles. The molecule has 0 amide bonds. The van der Waals surface area contributed by atoms with Gasteiger partial charge in [-0.05, 0) is 55.3 Å². The van der Waals surface area contributed by atoms with Gasteiger partial charge in [-0.1, -0.05) is 12.1 Å². The minimum absolute atomic E-state index is 0.0926. The third-order valence-corrected chi connectivity index (χ3v) is 4.22. The fourth-order valence-electron chi connectivity index (χ4n) is 2.21. The van der Waals surface area contributed by atoms with Gasteiger partial charge in [0.15, 0.2) is 0 Å². The van der Waals surface area contributed by atoms with Gasteiger partial charge >= 0.3 is 13.7 Å². The zero-order valence-electron chi connectivity index (χ0n) is 12.9. The summed E-state index contributed by atoms with van der Waals surface area (Å²) >= 11 is 0. The second-order valence-electron chi connectivity index (χ2n) is 5.45. The van der Waals surface area contributed by atoms with Crippen molar-refractivity contribution in [2.75, 3.05) is 11.8 Å². The van der Waals surface area contributed by atoms with Crippen LogP contribution in [0.3, 0.4) is 0 Å². The lowest BCUT2D eigenvalue weighted by molar-refractivity contribution is -0.137. The maximum absolute atomic E-state index is 12.7. The standard InChI is InChI=1S/C16H17F3NO2P/c1-11-7-12(2)9-15(8-11)22-23(3,21)20-14-6-4-5-13(10-14)16(17,18)19/h4-10H,1-3H3,(H,20,21)/t23-/m1/s1. The molecule has 0 radical (unpaired) electrons. The predicted octanol–water partition coefficient (Wildman–Crippen LogP) is 5.64. The normalized spacial score (nSPS) is 14.2. The Labute approximate surface area is 133 Å². The van der Waals surface area contributed by atoms with Gasteiger partial charge in [0.1, 0.15) is 5.75 Å². The van der Waals surface area contributed by atoms with E-state index in [2.05, 4.69) is 5.09 Å². The quantitative estimate of drug-likeness (QED) is 0.731. The highest BCUT2D eigenvalue weighted by molar-refractivity contribution is 7.60. The van der Waals surface area contributed by atoms with Gasteiger partial charge in [-0.25, -0.2) is 0 Å². The molecule has 0 saturated carbocycles. The molecule has 2 aromatic rings. The van der Waals surface area contributed by atoms with Gasteiger partial charge in [0.2, 0.25) is 0 Å². The Morgan fingerprint density at radius 1 is 1.04 bits per heavy atom. The van der Waals surface area contributed by atoms with Crippen LogP contribution in [0.5, 0.6) is 5.75 Å². The first kappa shape index (κ1) is 17.4. The average Bonchev–Trinajstić information content (AvgIpc) is 2.35. The molecule has 1 atom stereocenters. The van der Waals surface area contributed by atoms with E-state index in [9.17, 15) is 17.7 Å². The third kappa shape index (κ3) is 5.03. The van der Waals surface area contributed by atoms with Gasteiger partial charge in [0.05, 0.1) is 5.56 Å². The number of nitrogens with one attached hydrogen (secondary N) is 1. The molecule has 23 heavy (non-hydrogen) atoms. The first-order valence-corrected chi connectivity index (χ1v) is 8.93. The van der Waals surface area contributed by atoms with Gasteiger partial charge in [-0.3, -0.25) is 4.57 Å². The number of aryl methyl sites for hydroxylation is 2. The summed E-state index contributed by atoms with van der Waals surface area (Å²) in [4.78, 5) is 0. The summed E-state index contributed by atoms with van der Waals surface area (Å²) in [5.41, 5.74) is 1.17. The molecule has 0 fully saturated rings. The molecule has 0 aromatic heterocycles. The lowest BCUT2D eigenvalue weighted by atomic mass is 10.1. The number of hydrogen-bond acceptors (Lipinski definition) is 2. The molecular formula is C16H17F3NO2P. The van der Waals surface area contributed by atoms with E-state index in [0.29, 0.717) is 5.75 Å². The van der Waals surface area contributed by atoms with Crippen LogP contribution in [0.15, 0.2) is 42.5 Å². The van der Waals surface area contributed by atoms with Gasteiger partial charge in [-0.2, -0.15) is 13.2 Å². The molecule has 0 aliphatic rings. The number of rotatable bonds is 4. The maximum atomic E-state index is 12.7. The summed E-state index contributed by atoms with van der Waals surface area (Å²) in [7, 11) is -3.37. The molecule has 0 heterocycles. The molecule has 124 valence electrons. The first-order valence-electron chi connectivity index (χ1n) is 6.86. The Hall–Kier alpha value is -1.94. The smallest absolute Gasteiger partial charge is 0.416 e. The van der Waals surface area contributed by atoms with E-state index in [4.69, 9.17) is 4.52 Å². The second kappa shape index (κ2) is 6.28. The molecule has 0 bridgehead atoms. The van der Waals surface area contributed by atoms with Crippen LogP contribution in [0.1, 0.15) is 16.7 Å². The van der Waals surface area contributed by atoms with Crippen LogP contribution in [0.25, 0.3) is 0 Å². The van der Waals surface area contributed by atoms with E-state index in [1.54, 1.807) is 12.1 Å². The first-order chi connectivity index (χ1) is 10.5. The van der Waals surface area contributed by atoms with Crippen LogP contribution < -0.4 is 9.61 Å². The Balaban J connectivity index is 2.19. The molecule has 0 aliphatic heterocycles. The Morgan fingerprint density at radius 2 is 1.65 bits per heavy atom. The Morgan fingerprint density at radius 3 is 2.22 bits per heavy atom. The van der Waals surface area contributed by atoms with Crippen LogP contribution in [-0.4, -0.2) is 6.66 Å². The number of alkyl halides is 3. The maximum Gasteiger partial charge on any atom is 0.416 e. The van der Waals surface area contributed by atoms with E-state index in [0.717, 1.165) is 23.3 Å². The van der Waals surface area contributed by atoms with E-state index in [1.165, 1.54) is 18.8 Å². The average molecular weight is 343 g/mol. The van der Waals surface area contributed by atoms with Crippen LogP contribution in [-0.2, 0) is 10.7 Å². The second-order valence-corrected chi connectivity index (χ2v) is 7.55. The predicted molar refractivity (Wildman–Crippen MR) is 85.1 cm³/mol. The molecule has 2 rings (SSSR count). The summed E-state index contributed by atoms with van der Waals surface area (Å²) in [5, 5.41) is 2.55.